The lowest BCUT2D eigenvalue weighted by atomic mass is 10.1. The monoisotopic (exact) mass is 326 g/mol. The molecule has 0 unspecified atom stereocenters. The van der Waals surface area contributed by atoms with Crippen LogP contribution in [0.25, 0.3) is 6.08 Å². The molecule has 5 nitrogen and oxygen atoms in total. The van der Waals surface area contributed by atoms with Crippen LogP contribution in [-0.2, 0) is 4.79 Å². The highest BCUT2D eigenvalue weighted by atomic mass is 19.1. The minimum Gasteiger partial charge on any atom is -0.497 e. The molecule has 0 heterocycles. The Kier molecular flexibility index (Phi) is 5.53. The molecule has 0 radical (unpaired) electrons. The third-order valence-corrected chi connectivity index (χ3v) is 3.21. The molecule has 2 aromatic rings. The molecule has 1 amide bonds. The number of nitriles is 1. The number of carbonyl (C=O) groups is 1. The number of carbonyl (C=O) groups excluding carboxylic acids is 1. The van der Waals surface area contributed by atoms with E-state index in [0.29, 0.717) is 22.7 Å². The fourth-order valence-corrected chi connectivity index (χ4v) is 1.97. The highest BCUT2D eigenvalue weighted by Crippen LogP contribution is 2.26. The topological polar surface area (TPSA) is 71.3 Å². The van der Waals surface area contributed by atoms with E-state index in [0.717, 1.165) is 0 Å². The van der Waals surface area contributed by atoms with Crippen molar-refractivity contribution < 1.29 is 18.7 Å². The number of nitrogens with one attached hydrogen (secondary N) is 1. The van der Waals surface area contributed by atoms with E-state index in [1.807, 2.05) is 6.07 Å². The molecule has 0 aliphatic carbocycles. The predicted molar refractivity (Wildman–Crippen MR) is 88.2 cm³/mol. The zero-order valence-electron chi connectivity index (χ0n) is 13.2. The molecule has 0 spiro atoms. The lowest BCUT2D eigenvalue weighted by molar-refractivity contribution is -0.112. The number of benzene rings is 2. The second kappa shape index (κ2) is 7.79. The standard InChI is InChI=1S/C18H15FN2O3/c1-23-16-8-3-12(17(10-16)24-2)9-13(11-20)18(22)21-15-6-4-14(19)5-7-15/h3-10H,1-2H3,(H,21,22)/b13-9-. The van der Waals surface area contributed by atoms with Gasteiger partial charge in [0.1, 0.15) is 29.0 Å². The van der Waals surface area contributed by atoms with Gasteiger partial charge in [0.15, 0.2) is 0 Å². The van der Waals surface area contributed by atoms with Crippen molar-refractivity contribution in [3.8, 4) is 17.6 Å². The molecule has 0 atom stereocenters. The van der Waals surface area contributed by atoms with E-state index in [9.17, 15) is 14.4 Å². The number of halogens is 1. The van der Waals surface area contributed by atoms with Crippen LogP contribution in [0.4, 0.5) is 10.1 Å². The van der Waals surface area contributed by atoms with E-state index < -0.39 is 11.7 Å². The Morgan fingerprint density at radius 1 is 1.17 bits per heavy atom. The van der Waals surface area contributed by atoms with Crippen molar-refractivity contribution in [2.45, 2.75) is 0 Å². The first kappa shape index (κ1) is 17.0. The van der Waals surface area contributed by atoms with Crippen LogP contribution in [0.2, 0.25) is 0 Å². The molecule has 0 aliphatic heterocycles. The maximum atomic E-state index is 12.9. The van der Waals surface area contributed by atoms with Crippen molar-refractivity contribution in [3.63, 3.8) is 0 Å². The molecular weight excluding hydrogens is 311 g/mol. The van der Waals surface area contributed by atoms with Gasteiger partial charge in [0.25, 0.3) is 5.91 Å². The summed E-state index contributed by atoms with van der Waals surface area (Å²) in [4.78, 5) is 12.2. The van der Waals surface area contributed by atoms with Crippen molar-refractivity contribution in [2.24, 2.45) is 0 Å². The van der Waals surface area contributed by atoms with Gasteiger partial charge in [-0.1, -0.05) is 0 Å². The minimum absolute atomic E-state index is 0.109. The molecule has 1 N–H and O–H groups in total. The van der Waals surface area contributed by atoms with E-state index >= 15 is 0 Å². The number of hydrogen-bond donors (Lipinski definition) is 1. The van der Waals surface area contributed by atoms with Gasteiger partial charge in [-0.2, -0.15) is 5.26 Å². The molecule has 0 saturated heterocycles. The van der Waals surface area contributed by atoms with Crippen LogP contribution in [-0.4, -0.2) is 20.1 Å². The van der Waals surface area contributed by atoms with Gasteiger partial charge in [0, 0.05) is 17.3 Å². The minimum atomic E-state index is -0.595. The number of amides is 1. The highest BCUT2D eigenvalue weighted by Gasteiger charge is 2.12. The Morgan fingerprint density at radius 3 is 2.46 bits per heavy atom. The number of nitrogens with zero attached hydrogens (tertiary/aromatic N) is 1. The van der Waals surface area contributed by atoms with E-state index in [4.69, 9.17) is 9.47 Å². The second-order valence-electron chi connectivity index (χ2n) is 4.74. The van der Waals surface area contributed by atoms with Crippen molar-refractivity contribution in [1.82, 2.24) is 0 Å². The van der Waals surface area contributed by atoms with Crippen LogP contribution in [0.1, 0.15) is 5.56 Å². The molecule has 0 bridgehead atoms. The van der Waals surface area contributed by atoms with Gasteiger partial charge in [-0.25, -0.2) is 4.39 Å². The Hall–Kier alpha value is -3.33. The van der Waals surface area contributed by atoms with E-state index in [-0.39, 0.29) is 5.57 Å². The number of methoxy groups -OCH3 is 2. The maximum absolute atomic E-state index is 12.9. The third-order valence-electron chi connectivity index (χ3n) is 3.21. The number of hydrogen-bond acceptors (Lipinski definition) is 4. The molecule has 0 aromatic heterocycles. The molecule has 0 fully saturated rings. The largest absolute Gasteiger partial charge is 0.497 e. The zero-order chi connectivity index (χ0) is 17.5. The van der Waals surface area contributed by atoms with Crippen molar-refractivity contribution in [2.75, 3.05) is 19.5 Å². The Bertz CT molecular complexity index is 808. The molecule has 0 saturated carbocycles. The first-order valence-corrected chi connectivity index (χ1v) is 6.98. The lowest BCUT2D eigenvalue weighted by Gasteiger charge is -2.08. The third kappa shape index (κ3) is 4.11. The lowest BCUT2D eigenvalue weighted by Crippen LogP contribution is -2.13. The average molecular weight is 326 g/mol. The van der Waals surface area contributed by atoms with Crippen molar-refractivity contribution in [1.29, 1.82) is 5.26 Å². The van der Waals surface area contributed by atoms with Crippen molar-refractivity contribution in [3.05, 3.63) is 59.4 Å². The van der Waals surface area contributed by atoms with Gasteiger partial charge in [-0.3, -0.25) is 4.79 Å². The predicted octanol–water partition coefficient (Wildman–Crippen LogP) is 3.39. The van der Waals surface area contributed by atoms with E-state index in [1.165, 1.54) is 44.6 Å². The fraction of sp³-hybridized carbons (Fsp3) is 0.111. The summed E-state index contributed by atoms with van der Waals surface area (Å²) in [6, 6.07) is 12.1. The van der Waals surface area contributed by atoms with E-state index in [1.54, 1.807) is 18.2 Å². The normalized spacial score (nSPS) is 10.7. The number of rotatable bonds is 5. The molecule has 24 heavy (non-hydrogen) atoms. The molecule has 122 valence electrons. The number of ether oxygens (including phenoxy) is 2. The summed E-state index contributed by atoms with van der Waals surface area (Å²) in [6.45, 7) is 0. The summed E-state index contributed by atoms with van der Waals surface area (Å²) in [5.74, 6) is 0.0592. The summed E-state index contributed by atoms with van der Waals surface area (Å²) < 4.78 is 23.2. The summed E-state index contributed by atoms with van der Waals surface area (Å²) in [7, 11) is 3.01. The van der Waals surface area contributed by atoms with Crippen LogP contribution < -0.4 is 14.8 Å². The number of anilines is 1. The van der Waals surface area contributed by atoms with Crippen LogP contribution in [0.5, 0.6) is 11.5 Å². The Labute approximate surface area is 138 Å². The maximum Gasteiger partial charge on any atom is 0.266 e. The van der Waals surface area contributed by atoms with E-state index in [2.05, 4.69) is 5.32 Å². The smallest absolute Gasteiger partial charge is 0.266 e. The molecule has 2 aromatic carbocycles. The zero-order valence-corrected chi connectivity index (χ0v) is 13.2. The second-order valence-corrected chi connectivity index (χ2v) is 4.74. The Morgan fingerprint density at radius 2 is 1.88 bits per heavy atom. The first-order chi connectivity index (χ1) is 11.6. The highest BCUT2D eigenvalue weighted by molar-refractivity contribution is 6.09. The van der Waals surface area contributed by atoms with Crippen LogP contribution in [0.15, 0.2) is 48.0 Å². The quantitative estimate of drug-likeness (QED) is 0.675. The van der Waals surface area contributed by atoms with Crippen molar-refractivity contribution >= 4 is 17.7 Å². The molecular formula is C18H15FN2O3. The van der Waals surface area contributed by atoms with Gasteiger partial charge < -0.3 is 14.8 Å². The van der Waals surface area contributed by atoms with Gasteiger partial charge >= 0.3 is 0 Å². The fourth-order valence-electron chi connectivity index (χ4n) is 1.97. The summed E-state index contributed by atoms with van der Waals surface area (Å²) in [6.07, 6.45) is 1.41. The summed E-state index contributed by atoms with van der Waals surface area (Å²) >= 11 is 0. The summed E-state index contributed by atoms with van der Waals surface area (Å²) in [5.41, 5.74) is 0.844. The average Bonchev–Trinajstić information content (AvgIpc) is 2.61. The van der Waals surface area contributed by atoms with Crippen LogP contribution in [0, 0.1) is 17.1 Å². The van der Waals surface area contributed by atoms with Gasteiger partial charge in [-0.15, -0.1) is 0 Å². The Balaban J connectivity index is 2.27. The SMILES string of the molecule is COc1ccc(/C=C(/C#N)C(=O)Nc2ccc(F)cc2)c(OC)c1. The van der Waals surface area contributed by atoms with Crippen LogP contribution in [0.3, 0.4) is 0 Å². The molecule has 0 aliphatic rings. The van der Waals surface area contributed by atoms with Crippen LogP contribution >= 0.6 is 0 Å². The first-order valence-electron chi connectivity index (χ1n) is 6.98. The molecule has 6 heteroatoms. The molecule has 2 rings (SSSR count). The van der Waals surface area contributed by atoms with Gasteiger partial charge in [0.2, 0.25) is 0 Å². The summed E-state index contributed by atoms with van der Waals surface area (Å²) in [5, 5.41) is 11.8. The van der Waals surface area contributed by atoms with Gasteiger partial charge in [-0.05, 0) is 42.5 Å². The van der Waals surface area contributed by atoms with Gasteiger partial charge in [0.05, 0.1) is 14.2 Å².